The van der Waals surface area contributed by atoms with Crippen molar-refractivity contribution in [2.45, 2.75) is 69.0 Å². The fourth-order valence-corrected chi connectivity index (χ4v) is 7.76. The van der Waals surface area contributed by atoms with Crippen molar-refractivity contribution in [3.8, 4) is 0 Å². The van der Waals surface area contributed by atoms with Gasteiger partial charge in [-0.1, -0.05) is 61.6 Å². The molecule has 3 saturated heterocycles. The summed E-state index contributed by atoms with van der Waals surface area (Å²) in [7, 11) is 0. The van der Waals surface area contributed by atoms with Crippen molar-refractivity contribution >= 4 is 23.7 Å². The molecule has 12 heteroatoms. The standard InChI is InChI=1S/C35H46N4O8/c1-3-25(22-40)39-31-33(43)38(17-16-37-18-20-45-21-19-37)15-9-5-8-12-27(41)36-23(2)30(24-10-6-4-7-11-24)46-34(44)28-26-13-14-35(31,47-26)29(28)32(39)42/h4-7,9-11,13-14,23,25-26,28-31,40H,3,8,12,15-22H2,1-2H3,(H,36,41)/b9-5-/t23-,25-,26+,28-,29-,30+,31+,35-/m0/s1. The average molecular weight is 651 g/mol. The quantitative estimate of drug-likeness (QED) is 0.330. The maximum absolute atomic E-state index is 14.8. The first-order valence-electron chi connectivity index (χ1n) is 16.9. The van der Waals surface area contributed by atoms with Gasteiger partial charge in [-0.2, -0.15) is 0 Å². The van der Waals surface area contributed by atoms with Crippen molar-refractivity contribution in [2.75, 3.05) is 52.5 Å². The minimum atomic E-state index is -1.39. The zero-order valence-corrected chi connectivity index (χ0v) is 27.2. The number of esters is 1. The lowest BCUT2D eigenvalue weighted by atomic mass is 9.74. The lowest BCUT2D eigenvalue weighted by molar-refractivity contribution is -0.162. The van der Waals surface area contributed by atoms with E-state index in [1.807, 2.05) is 49.4 Å². The van der Waals surface area contributed by atoms with E-state index in [-0.39, 0.29) is 31.4 Å². The number of aliphatic hydroxyl groups is 1. The minimum absolute atomic E-state index is 0.187. The highest BCUT2D eigenvalue weighted by Crippen LogP contribution is 2.56. The molecule has 5 bridgehead atoms. The van der Waals surface area contributed by atoms with Gasteiger partial charge in [-0.15, -0.1) is 0 Å². The molecule has 12 nitrogen and oxygen atoms in total. The van der Waals surface area contributed by atoms with Gasteiger partial charge < -0.3 is 34.4 Å². The van der Waals surface area contributed by atoms with E-state index in [1.54, 1.807) is 24.0 Å². The molecule has 6 rings (SSSR count). The molecule has 2 N–H and O–H groups in total. The minimum Gasteiger partial charge on any atom is -0.455 e. The molecule has 8 atom stereocenters. The Morgan fingerprint density at radius 3 is 2.53 bits per heavy atom. The van der Waals surface area contributed by atoms with Gasteiger partial charge >= 0.3 is 5.97 Å². The predicted molar refractivity (Wildman–Crippen MR) is 171 cm³/mol. The SMILES string of the molecule is CC[C@@H](CO)N1C(=O)[C@@H]2[C@H]3C(=O)O[C@@H](c4ccccc4)[C@H](C)NC(=O)CC/C=C\CN(CCN4CCOCC4)C(=O)[C@@H]1[C@]21C=C[C@H]3O1. The molecular weight excluding hydrogens is 604 g/mol. The molecule has 5 aliphatic heterocycles. The molecule has 0 aromatic heterocycles. The molecule has 0 aliphatic carbocycles. The van der Waals surface area contributed by atoms with Crippen molar-refractivity contribution in [3.63, 3.8) is 0 Å². The number of rotatable bonds is 7. The van der Waals surface area contributed by atoms with Crippen LogP contribution < -0.4 is 5.32 Å². The van der Waals surface area contributed by atoms with Gasteiger partial charge in [0.05, 0.1) is 43.9 Å². The van der Waals surface area contributed by atoms with Crippen LogP contribution in [0.4, 0.5) is 0 Å². The van der Waals surface area contributed by atoms with Gasteiger partial charge in [-0.25, -0.2) is 0 Å². The summed E-state index contributed by atoms with van der Waals surface area (Å²) in [6.07, 6.45) is 6.83. The van der Waals surface area contributed by atoms with Gasteiger partial charge in [0.1, 0.15) is 23.7 Å². The highest BCUT2D eigenvalue weighted by molar-refractivity contribution is 5.99. The number of morpholine rings is 1. The fourth-order valence-electron chi connectivity index (χ4n) is 7.76. The van der Waals surface area contributed by atoms with Crippen molar-refractivity contribution in [1.82, 2.24) is 20.0 Å². The summed E-state index contributed by atoms with van der Waals surface area (Å²) in [5.41, 5.74) is -0.683. The second-order valence-electron chi connectivity index (χ2n) is 13.1. The highest BCUT2D eigenvalue weighted by atomic mass is 16.6. The molecule has 5 heterocycles. The molecule has 47 heavy (non-hydrogen) atoms. The molecular formula is C35H46N4O8. The number of hydrogen-bond acceptors (Lipinski definition) is 9. The largest absolute Gasteiger partial charge is 0.455 e. The Morgan fingerprint density at radius 2 is 1.81 bits per heavy atom. The van der Waals surface area contributed by atoms with Crippen LogP contribution in [0.25, 0.3) is 0 Å². The number of carbonyl (C=O) groups excluding carboxylic acids is 4. The van der Waals surface area contributed by atoms with Crippen molar-refractivity contribution < 1.29 is 38.5 Å². The summed E-state index contributed by atoms with van der Waals surface area (Å²) in [5.74, 6) is -3.53. The molecule has 254 valence electrons. The van der Waals surface area contributed by atoms with Crippen LogP contribution in [0, 0.1) is 11.8 Å². The number of aliphatic hydroxyl groups excluding tert-OH is 1. The van der Waals surface area contributed by atoms with Crippen LogP contribution in [0.2, 0.25) is 0 Å². The van der Waals surface area contributed by atoms with Crippen LogP contribution in [0.15, 0.2) is 54.6 Å². The fraction of sp³-hybridized carbons (Fsp3) is 0.600. The van der Waals surface area contributed by atoms with Crippen LogP contribution in [0.3, 0.4) is 0 Å². The van der Waals surface area contributed by atoms with Gasteiger partial charge in [-0.3, -0.25) is 24.1 Å². The second-order valence-corrected chi connectivity index (χ2v) is 13.1. The number of likely N-dealkylation sites (tertiary alicyclic amines) is 1. The van der Waals surface area contributed by atoms with Gasteiger partial charge in [-0.05, 0) is 25.3 Å². The summed E-state index contributed by atoms with van der Waals surface area (Å²) in [6, 6.07) is 6.93. The Morgan fingerprint density at radius 1 is 1.04 bits per heavy atom. The predicted octanol–water partition coefficient (Wildman–Crippen LogP) is 1.21. The van der Waals surface area contributed by atoms with Crippen molar-refractivity contribution in [2.24, 2.45) is 11.8 Å². The number of amides is 3. The van der Waals surface area contributed by atoms with E-state index < -0.39 is 59.6 Å². The third-order valence-corrected chi connectivity index (χ3v) is 10.2. The lowest BCUT2D eigenvalue weighted by Gasteiger charge is -2.39. The molecule has 1 aromatic rings. The van der Waals surface area contributed by atoms with E-state index in [1.165, 1.54) is 4.90 Å². The van der Waals surface area contributed by atoms with E-state index >= 15 is 0 Å². The van der Waals surface area contributed by atoms with E-state index in [2.05, 4.69) is 10.2 Å². The molecule has 0 unspecified atom stereocenters. The maximum atomic E-state index is 14.8. The van der Waals surface area contributed by atoms with E-state index in [9.17, 15) is 24.3 Å². The molecule has 0 radical (unpaired) electrons. The number of hydrogen-bond donors (Lipinski definition) is 2. The number of cyclic esters (lactones) is 1. The van der Waals surface area contributed by atoms with E-state index in [0.29, 0.717) is 44.7 Å². The molecule has 3 amide bonds. The number of carbonyl (C=O) groups is 4. The van der Waals surface area contributed by atoms with Gasteiger partial charge in [0.25, 0.3) is 0 Å². The summed E-state index contributed by atoms with van der Waals surface area (Å²) in [4.78, 5) is 61.9. The number of nitrogens with zero attached hydrogens (tertiary/aromatic N) is 3. The van der Waals surface area contributed by atoms with Crippen LogP contribution >= 0.6 is 0 Å². The number of nitrogens with one attached hydrogen (secondary N) is 1. The lowest BCUT2D eigenvalue weighted by Crippen LogP contribution is -2.59. The monoisotopic (exact) mass is 650 g/mol. The number of benzene rings is 1. The summed E-state index contributed by atoms with van der Waals surface area (Å²) in [5, 5.41) is 13.4. The first kappa shape index (κ1) is 33.3. The Balaban J connectivity index is 1.39. The van der Waals surface area contributed by atoms with Crippen LogP contribution in [0.1, 0.15) is 44.8 Å². The molecule has 1 spiro atoms. The Labute approximate surface area is 275 Å². The second kappa shape index (κ2) is 14.3. The zero-order valence-electron chi connectivity index (χ0n) is 27.2. The zero-order chi connectivity index (χ0) is 33.1. The van der Waals surface area contributed by atoms with Gasteiger partial charge in [0.2, 0.25) is 17.7 Å². The van der Waals surface area contributed by atoms with Crippen LogP contribution in [-0.2, 0) is 33.4 Å². The molecule has 0 saturated carbocycles. The van der Waals surface area contributed by atoms with Gasteiger partial charge in [0.15, 0.2) is 0 Å². The third-order valence-electron chi connectivity index (χ3n) is 10.2. The number of allylic oxidation sites excluding steroid dienone is 1. The topological polar surface area (TPSA) is 138 Å². The Kier molecular flexibility index (Phi) is 10.1. The normalized spacial score (nSPS) is 34.7. The first-order valence-corrected chi connectivity index (χ1v) is 16.9. The van der Waals surface area contributed by atoms with Crippen LogP contribution in [-0.4, -0.2) is 126 Å². The Bertz CT molecular complexity index is 1380. The highest BCUT2D eigenvalue weighted by Gasteiger charge is 2.74. The Hall–Kier alpha value is -3.58. The van der Waals surface area contributed by atoms with E-state index in [0.717, 1.165) is 13.1 Å². The number of fused-ring (bicyclic) bond motifs is 2. The van der Waals surface area contributed by atoms with Gasteiger partial charge in [0, 0.05) is 39.1 Å². The smallest absolute Gasteiger partial charge is 0.313 e. The summed E-state index contributed by atoms with van der Waals surface area (Å²) >= 11 is 0. The molecule has 5 aliphatic rings. The summed E-state index contributed by atoms with van der Waals surface area (Å²) in [6.45, 7) is 7.37. The third kappa shape index (κ3) is 6.36. The van der Waals surface area contributed by atoms with Crippen molar-refractivity contribution in [3.05, 3.63) is 60.2 Å². The molecule has 3 fully saturated rings. The van der Waals surface area contributed by atoms with E-state index in [4.69, 9.17) is 14.2 Å². The average Bonchev–Trinajstić information content (AvgIpc) is 3.73. The molecule has 1 aromatic carbocycles. The van der Waals surface area contributed by atoms with Crippen molar-refractivity contribution in [1.29, 1.82) is 0 Å². The maximum Gasteiger partial charge on any atom is 0.313 e. The number of ether oxygens (including phenoxy) is 3. The van der Waals surface area contributed by atoms with Crippen LogP contribution in [0.5, 0.6) is 0 Å². The first-order chi connectivity index (χ1) is 22.8. The summed E-state index contributed by atoms with van der Waals surface area (Å²) < 4.78 is 18.2.